The van der Waals surface area contributed by atoms with Crippen molar-refractivity contribution in [2.45, 2.75) is 32.7 Å². The van der Waals surface area contributed by atoms with Crippen LogP contribution in [0, 0.1) is 11.3 Å². The summed E-state index contributed by atoms with van der Waals surface area (Å²) in [5, 5.41) is 8.95. The standard InChI is InChI=1S/C17H20N4/c1-17(2,3)16-19-9-8-15(20-16)21(4)12-14-7-5-6-13(10-14)11-18/h5-10H,12H2,1-4H3. The largest absolute Gasteiger partial charge is 0.355 e. The molecule has 1 aromatic carbocycles. The minimum atomic E-state index is -0.0719. The SMILES string of the molecule is CN(Cc1cccc(C#N)c1)c1ccnc(C(C)(C)C)n1. The molecule has 2 rings (SSSR count). The maximum atomic E-state index is 8.95. The van der Waals surface area contributed by atoms with Gasteiger partial charge in [0.1, 0.15) is 11.6 Å². The zero-order chi connectivity index (χ0) is 15.5. The highest BCUT2D eigenvalue weighted by Crippen LogP contribution is 2.20. The molecule has 0 unspecified atom stereocenters. The van der Waals surface area contributed by atoms with Gasteiger partial charge in [0.25, 0.3) is 0 Å². The minimum Gasteiger partial charge on any atom is -0.355 e. The van der Waals surface area contributed by atoms with Crippen LogP contribution in [-0.2, 0) is 12.0 Å². The highest BCUT2D eigenvalue weighted by atomic mass is 15.2. The average Bonchev–Trinajstić information content (AvgIpc) is 2.46. The van der Waals surface area contributed by atoms with Gasteiger partial charge in [-0.2, -0.15) is 5.26 Å². The van der Waals surface area contributed by atoms with E-state index in [0.717, 1.165) is 17.2 Å². The molecule has 0 bridgehead atoms. The van der Waals surface area contributed by atoms with Gasteiger partial charge in [0.2, 0.25) is 0 Å². The molecule has 0 aliphatic heterocycles. The molecule has 2 aromatic rings. The lowest BCUT2D eigenvalue weighted by molar-refractivity contribution is 0.544. The quantitative estimate of drug-likeness (QED) is 0.865. The van der Waals surface area contributed by atoms with Crippen LogP contribution in [0.15, 0.2) is 36.5 Å². The molecule has 0 saturated heterocycles. The van der Waals surface area contributed by atoms with Crippen LogP contribution >= 0.6 is 0 Å². The third-order valence-corrected chi connectivity index (χ3v) is 3.18. The summed E-state index contributed by atoms with van der Waals surface area (Å²) in [5.41, 5.74) is 1.70. The summed E-state index contributed by atoms with van der Waals surface area (Å²) >= 11 is 0. The molecular weight excluding hydrogens is 260 g/mol. The van der Waals surface area contributed by atoms with E-state index in [9.17, 15) is 0 Å². The Morgan fingerprint density at radius 2 is 2.00 bits per heavy atom. The van der Waals surface area contributed by atoms with E-state index in [1.165, 1.54) is 0 Å². The molecule has 0 radical (unpaired) electrons. The third-order valence-electron chi connectivity index (χ3n) is 3.18. The van der Waals surface area contributed by atoms with Crippen LogP contribution in [0.25, 0.3) is 0 Å². The maximum Gasteiger partial charge on any atom is 0.135 e. The number of nitriles is 1. The van der Waals surface area contributed by atoms with E-state index in [1.807, 2.05) is 37.4 Å². The normalized spacial score (nSPS) is 11.0. The molecule has 0 N–H and O–H groups in total. The molecule has 0 saturated carbocycles. The Kier molecular flexibility index (Phi) is 4.23. The first-order valence-electron chi connectivity index (χ1n) is 6.94. The number of hydrogen-bond acceptors (Lipinski definition) is 4. The average molecular weight is 280 g/mol. The Bertz CT molecular complexity index is 665. The van der Waals surface area contributed by atoms with E-state index in [4.69, 9.17) is 5.26 Å². The van der Waals surface area contributed by atoms with Crippen LogP contribution in [0.3, 0.4) is 0 Å². The summed E-state index contributed by atoms with van der Waals surface area (Å²) in [6.07, 6.45) is 1.80. The fourth-order valence-electron chi connectivity index (χ4n) is 2.02. The van der Waals surface area contributed by atoms with Gasteiger partial charge in [-0.15, -0.1) is 0 Å². The second-order valence-electron chi connectivity index (χ2n) is 6.16. The van der Waals surface area contributed by atoms with E-state index in [2.05, 4.69) is 41.7 Å². The van der Waals surface area contributed by atoms with Crippen LogP contribution in [0.1, 0.15) is 37.7 Å². The van der Waals surface area contributed by atoms with Crippen molar-refractivity contribution in [3.8, 4) is 6.07 Å². The Morgan fingerprint density at radius 3 is 2.67 bits per heavy atom. The van der Waals surface area contributed by atoms with Crippen LogP contribution < -0.4 is 4.90 Å². The molecule has 21 heavy (non-hydrogen) atoms. The maximum absolute atomic E-state index is 8.95. The van der Waals surface area contributed by atoms with Crippen molar-refractivity contribution < 1.29 is 0 Å². The molecule has 1 heterocycles. The number of rotatable bonds is 3. The molecule has 4 nitrogen and oxygen atoms in total. The lowest BCUT2D eigenvalue weighted by Gasteiger charge is -2.22. The van der Waals surface area contributed by atoms with Crippen molar-refractivity contribution in [3.63, 3.8) is 0 Å². The molecule has 1 aromatic heterocycles. The number of hydrogen-bond donors (Lipinski definition) is 0. The smallest absolute Gasteiger partial charge is 0.135 e. The molecule has 0 spiro atoms. The second-order valence-corrected chi connectivity index (χ2v) is 6.16. The van der Waals surface area contributed by atoms with Crippen LogP contribution in [0.5, 0.6) is 0 Å². The van der Waals surface area contributed by atoms with Gasteiger partial charge < -0.3 is 4.90 Å². The summed E-state index contributed by atoms with van der Waals surface area (Å²) in [7, 11) is 1.99. The molecule has 4 heteroatoms. The third kappa shape index (κ3) is 3.79. The van der Waals surface area contributed by atoms with Gasteiger partial charge in [-0.3, -0.25) is 0 Å². The zero-order valence-electron chi connectivity index (χ0n) is 13.0. The summed E-state index contributed by atoms with van der Waals surface area (Å²) in [5.74, 6) is 1.72. The van der Waals surface area contributed by atoms with Crippen molar-refractivity contribution >= 4 is 5.82 Å². The Hall–Kier alpha value is -2.41. The second kappa shape index (κ2) is 5.92. The van der Waals surface area contributed by atoms with Gasteiger partial charge in [0.05, 0.1) is 11.6 Å². The van der Waals surface area contributed by atoms with Crippen molar-refractivity contribution in [2.75, 3.05) is 11.9 Å². The minimum absolute atomic E-state index is 0.0719. The number of nitrogens with zero attached hydrogens (tertiary/aromatic N) is 4. The number of benzene rings is 1. The Balaban J connectivity index is 2.20. The Labute approximate surface area is 126 Å². The topological polar surface area (TPSA) is 52.8 Å². The number of anilines is 1. The van der Waals surface area contributed by atoms with Crippen LogP contribution in [0.4, 0.5) is 5.82 Å². The summed E-state index contributed by atoms with van der Waals surface area (Å²) in [6.45, 7) is 7.00. The summed E-state index contributed by atoms with van der Waals surface area (Å²) in [6, 6.07) is 11.7. The fourth-order valence-corrected chi connectivity index (χ4v) is 2.02. The molecule has 0 fully saturated rings. The van der Waals surface area contributed by atoms with Gasteiger partial charge in [0.15, 0.2) is 0 Å². The monoisotopic (exact) mass is 280 g/mol. The molecule has 0 aliphatic carbocycles. The Morgan fingerprint density at radius 1 is 1.24 bits per heavy atom. The van der Waals surface area contributed by atoms with Crippen LogP contribution in [-0.4, -0.2) is 17.0 Å². The van der Waals surface area contributed by atoms with Crippen molar-refractivity contribution in [2.24, 2.45) is 0 Å². The molecule has 0 atom stereocenters. The van der Waals surface area contributed by atoms with Gasteiger partial charge in [-0.1, -0.05) is 32.9 Å². The number of aromatic nitrogens is 2. The van der Waals surface area contributed by atoms with Crippen molar-refractivity contribution in [1.29, 1.82) is 5.26 Å². The predicted octanol–water partition coefficient (Wildman–Crippen LogP) is 3.28. The first-order valence-corrected chi connectivity index (χ1v) is 6.94. The lowest BCUT2D eigenvalue weighted by Crippen LogP contribution is -2.21. The predicted molar refractivity (Wildman–Crippen MR) is 84.0 cm³/mol. The van der Waals surface area contributed by atoms with Crippen molar-refractivity contribution in [3.05, 3.63) is 53.5 Å². The highest BCUT2D eigenvalue weighted by molar-refractivity contribution is 5.40. The highest BCUT2D eigenvalue weighted by Gasteiger charge is 2.18. The molecule has 108 valence electrons. The van der Waals surface area contributed by atoms with Gasteiger partial charge in [-0.05, 0) is 23.8 Å². The summed E-state index contributed by atoms with van der Waals surface area (Å²) < 4.78 is 0. The van der Waals surface area contributed by atoms with Crippen LogP contribution in [0.2, 0.25) is 0 Å². The van der Waals surface area contributed by atoms with Gasteiger partial charge >= 0.3 is 0 Å². The van der Waals surface area contributed by atoms with E-state index < -0.39 is 0 Å². The van der Waals surface area contributed by atoms with E-state index in [-0.39, 0.29) is 5.41 Å². The first-order chi connectivity index (χ1) is 9.90. The van der Waals surface area contributed by atoms with E-state index >= 15 is 0 Å². The van der Waals surface area contributed by atoms with Gasteiger partial charge in [0, 0.05) is 25.2 Å². The molecular formula is C17H20N4. The first kappa shape index (κ1) is 15.0. The fraction of sp³-hybridized carbons (Fsp3) is 0.353. The summed E-state index contributed by atoms with van der Waals surface area (Å²) in [4.78, 5) is 11.0. The van der Waals surface area contributed by atoms with E-state index in [1.54, 1.807) is 6.20 Å². The molecule has 0 aliphatic rings. The molecule has 0 amide bonds. The van der Waals surface area contributed by atoms with Gasteiger partial charge in [-0.25, -0.2) is 9.97 Å². The zero-order valence-corrected chi connectivity index (χ0v) is 13.0. The van der Waals surface area contributed by atoms with E-state index in [0.29, 0.717) is 12.1 Å². The lowest BCUT2D eigenvalue weighted by atomic mass is 9.96. The van der Waals surface area contributed by atoms with Crippen molar-refractivity contribution in [1.82, 2.24) is 9.97 Å².